The van der Waals surface area contributed by atoms with Gasteiger partial charge in [0.15, 0.2) is 0 Å². The number of Topliss-reactive ketones (excluding diaryl/α,β-unsaturated/α-hetero) is 1. The van der Waals surface area contributed by atoms with Gasteiger partial charge in [-0.1, -0.05) is 20.8 Å². The van der Waals surface area contributed by atoms with E-state index in [1.165, 1.54) is 0 Å². The highest BCUT2D eigenvalue weighted by Gasteiger charge is 2.31. The molecule has 2 fully saturated rings. The van der Waals surface area contributed by atoms with Crippen LogP contribution in [0.1, 0.15) is 63.2 Å². The van der Waals surface area contributed by atoms with Gasteiger partial charge in [-0.3, -0.25) is 9.59 Å². The van der Waals surface area contributed by atoms with E-state index in [-0.39, 0.29) is 29.6 Å². The van der Waals surface area contributed by atoms with E-state index >= 15 is 0 Å². The van der Waals surface area contributed by atoms with Crippen LogP contribution in [0.5, 0.6) is 0 Å². The predicted octanol–water partition coefficient (Wildman–Crippen LogP) is 3.15. The van der Waals surface area contributed by atoms with Crippen molar-refractivity contribution < 1.29 is 14.7 Å². The van der Waals surface area contributed by atoms with Crippen molar-refractivity contribution in [3.05, 3.63) is 23.9 Å². The number of piperidine rings is 2. The molecule has 0 bridgehead atoms. The average Bonchev–Trinajstić information content (AvgIpc) is 2.73. The van der Waals surface area contributed by atoms with E-state index in [4.69, 9.17) is 0 Å². The number of carbonyl (C=O) groups excluding carboxylic acids is 2. The number of hydrogen-bond acceptors (Lipinski definition) is 5. The molecule has 3 rings (SSSR count). The Hall–Kier alpha value is -1.95. The number of hydrogen-bond donors (Lipinski definition) is 1. The minimum atomic E-state index is -0.0310. The third-order valence-electron chi connectivity index (χ3n) is 6.44. The molecule has 0 aliphatic carbocycles. The Morgan fingerprint density at radius 1 is 1.24 bits per heavy atom. The molecule has 3 heterocycles. The lowest BCUT2D eigenvalue weighted by molar-refractivity contribution is -0.124. The molecular weight excluding hydrogens is 366 g/mol. The zero-order chi connectivity index (χ0) is 21.0. The first-order valence-electron chi connectivity index (χ1n) is 11.0. The molecule has 29 heavy (non-hydrogen) atoms. The fraction of sp³-hybridized carbons (Fsp3) is 0.696. The molecule has 0 aromatic carbocycles. The van der Waals surface area contributed by atoms with Crippen LogP contribution in [0, 0.1) is 17.3 Å². The zero-order valence-corrected chi connectivity index (χ0v) is 18.1. The zero-order valence-electron chi connectivity index (χ0n) is 18.1. The van der Waals surface area contributed by atoms with Gasteiger partial charge in [-0.05, 0) is 49.1 Å². The van der Waals surface area contributed by atoms with Crippen LogP contribution in [0.3, 0.4) is 0 Å². The van der Waals surface area contributed by atoms with Crippen molar-refractivity contribution in [1.29, 1.82) is 0 Å². The second-order valence-corrected chi connectivity index (χ2v) is 9.52. The summed E-state index contributed by atoms with van der Waals surface area (Å²) in [5.41, 5.74) is 0.590. The summed E-state index contributed by atoms with van der Waals surface area (Å²) in [6.07, 6.45) is 5.89. The number of likely N-dealkylation sites (tertiary alicyclic amines) is 1. The van der Waals surface area contributed by atoms with E-state index < -0.39 is 0 Å². The van der Waals surface area contributed by atoms with Crippen molar-refractivity contribution in [3.63, 3.8) is 0 Å². The van der Waals surface area contributed by atoms with Crippen LogP contribution < -0.4 is 4.90 Å². The van der Waals surface area contributed by atoms with E-state index in [9.17, 15) is 14.7 Å². The monoisotopic (exact) mass is 401 g/mol. The second-order valence-electron chi connectivity index (χ2n) is 9.52. The summed E-state index contributed by atoms with van der Waals surface area (Å²) in [5, 5.41) is 9.53. The maximum atomic E-state index is 12.9. The van der Waals surface area contributed by atoms with Gasteiger partial charge in [0.05, 0.1) is 5.56 Å². The van der Waals surface area contributed by atoms with Crippen LogP contribution in [0.4, 0.5) is 5.82 Å². The number of aliphatic hydroxyl groups is 1. The number of aromatic nitrogens is 1. The molecular formula is C23H35N3O3. The minimum absolute atomic E-state index is 0.00418. The van der Waals surface area contributed by atoms with Gasteiger partial charge >= 0.3 is 0 Å². The number of anilines is 1. The summed E-state index contributed by atoms with van der Waals surface area (Å²) in [7, 11) is 0. The summed E-state index contributed by atoms with van der Waals surface area (Å²) in [6.45, 7) is 9.42. The molecule has 6 heteroatoms. The molecule has 1 atom stereocenters. The first kappa shape index (κ1) is 21.8. The van der Waals surface area contributed by atoms with E-state index in [0.717, 1.165) is 44.6 Å². The number of ketones is 1. The standard InChI is InChI=1S/C23H35N3O3/c1-17(2)13-20(28)19-5-4-10-26(15-19)22(29)18-6-7-21(24-14-18)25-11-8-23(3,16-27)9-12-25/h6-7,14,17,19,27H,4-5,8-13,15-16H2,1-3H3/t19-/m0/s1. The van der Waals surface area contributed by atoms with Gasteiger partial charge in [-0.25, -0.2) is 4.98 Å². The number of aliphatic hydroxyl groups excluding tert-OH is 1. The van der Waals surface area contributed by atoms with Gasteiger partial charge in [0.25, 0.3) is 5.91 Å². The Morgan fingerprint density at radius 2 is 1.97 bits per heavy atom. The van der Waals surface area contributed by atoms with Crippen LogP contribution in [-0.2, 0) is 4.79 Å². The summed E-state index contributed by atoms with van der Waals surface area (Å²) in [5.74, 6) is 1.46. The third-order valence-corrected chi connectivity index (χ3v) is 6.44. The SMILES string of the molecule is CC(C)CC(=O)[C@H]1CCCN(C(=O)c2ccc(N3CCC(C)(CO)CC3)nc2)C1. The lowest BCUT2D eigenvalue weighted by Gasteiger charge is -2.38. The highest BCUT2D eigenvalue weighted by Crippen LogP contribution is 2.32. The third kappa shape index (κ3) is 5.35. The van der Waals surface area contributed by atoms with Crippen molar-refractivity contribution in [2.75, 3.05) is 37.7 Å². The number of carbonyl (C=O) groups is 2. The quantitative estimate of drug-likeness (QED) is 0.793. The van der Waals surface area contributed by atoms with Crippen LogP contribution in [0.25, 0.3) is 0 Å². The molecule has 6 nitrogen and oxygen atoms in total. The molecule has 2 aliphatic heterocycles. The van der Waals surface area contributed by atoms with Gasteiger partial charge in [0, 0.05) is 51.3 Å². The lowest BCUT2D eigenvalue weighted by atomic mass is 9.81. The lowest BCUT2D eigenvalue weighted by Crippen LogP contribution is -2.42. The Kier molecular flexibility index (Phi) is 6.93. The average molecular weight is 402 g/mol. The smallest absolute Gasteiger partial charge is 0.255 e. The molecule has 0 spiro atoms. The molecule has 2 saturated heterocycles. The number of rotatable bonds is 6. The highest BCUT2D eigenvalue weighted by atomic mass is 16.3. The summed E-state index contributed by atoms with van der Waals surface area (Å²) in [6, 6.07) is 3.77. The molecule has 2 aliphatic rings. The summed E-state index contributed by atoms with van der Waals surface area (Å²) < 4.78 is 0. The van der Waals surface area contributed by atoms with E-state index in [0.29, 0.717) is 31.0 Å². The van der Waals surface area contributed by atoms with Crippen LogP contribution in [0.15, 0.2) is 18.3 Å². The van der Waals surface area contributed by atoms with Crippen molar-refractivity contribution in [3.8, 4) is 0 Å². The summed E-state index contributed by atoms with van der Waals surface area (Å²) in [4.78, 5) is 33.9. The molecule has 160 valence electrons. The molecule has 1 amide bonds. The van der Waals surface area contributed by atoms with E-state index in [2.05, 4.69) is 30.7 Å². The van der Waals surface area contributed by atoms with E-state index in [1.807, 2.05) is 17.0 Å². The molecule has 0 radical (unpaired) electrons. The van der Waals surface area contributed by atoms with E-state index in [1.54, 1.807) is 6.20 Å². The topological polar surface area (TPSA) is 73.7 Å². The van der Waals surface area contributed by atoms with Gasteiger partial charge in [-0.2, -0.15) is 0 Å². The first-order chi connectivity index (χ1) is 13.8. The number of pyridine rings is 1. The largest absolute Gasteiger partial charge is 0.396 e. The van der Waals surface area contributed by atoms with Crippen molar-refractivity contribution in [1.82, 2.24) is 9.88 Å². The van der Waals surface area contributed by atoms with Crippen molar-refractivity contribution in [2.45, 2.75) is 52.9 Å². The molecule has 1 N–H and O–H groups in total. The second kappa shape index (κ2) is 9.24. The van der Waals surface area contributed by atoms with Crippen LogP contribution >= 0.6 is 0 Å². The minimum Gasteiger partial charge on any atom is -0.396 e. The van der Waals surface area contributed by atoms with Gasteiger partial charge in [0.2, 0.25) is 0 Å². The Bertz CT molecular complexity index is 709. The van der Waals surface area contributed by atoms with Gasteiger partial charge in [-0.15, -0.1) is 0 Å². The number of amides is 1. The highest BCUT2D eigenvalue weighted by molar-refractivity contribution is 5.94. The number of nitrogens with zero attached hydrogens (tertiary/aromatic N) is 3. The molecule has 1 aromatic rings. The maximum absolute atomic E-state index is 12.9. The first-order valence-corrected chi connectivity index (χ1v) is 11.0. The Morgan fingerprint density at radius 3 is 2.55 bits per heavy atom. The normalized spacial score (nSPS) is 22.0. The summed E-state index contributed by atoms with van der Waals surface area (Å²) >= 11 is 0. The fourth-order valence-corrected chi connectivity index (χ4v) is 4.31. The van der Waals surface area contributed by atoms with Gasteiger partial charge in [0.1, 0.15) is 11.6 Å². The molecule has 0 unspecified atom stereocenters. The Balaban J connectivity index is 1.59. The van der Waals surface area contributed by atoms with Crippen molar-refractivity contribution >= 4 is 17.5 Å². The molecule has 0 saturated carbocycles. The van der Waals surface area contributed by atoms with Crippen LogP contribution in [0.2, 0.25) is 0 Å². The van der Waals surface area contributed by atoms with Crippen LogP contribution in [-0.4, -0.2) is 59.5 Å². The van der Waals surface area contributed by atoms with Gasteiger partial charge < -0.3 is 14.9 Å². The predicted molar refractivity (Wildman–Crippen MR) is 114 cm³/mol. The van der Waals surface area contributed by atoms with Crippen molar-refractivity contribution in [2.24, 2.45) is 17.3 Å². The Labute approximate surface area is 174 Å². The maximum Gasteiger partial charge on any atom is 0.255 e. The fourth-order valence-electron chi connectivity index (χ4n) is 4.31. The molecule has 1 aromatic heterocycles.